The maximum absolute atomic E-state index is 10.5. The summed E-state index contributed by atoms with van der Waals surface area (Å²) in [6, 6.07) is 16.3. The monoisotopic (exact) mass is 291 g/mol. The van der Waals surface area contributed by atoms with Crippen molar-refractivity contribution in [2.75, 3.05) is 19.0 Å². The average molecular weight is 291 g/mol. The molecule has 0 amide bonds. The Balaban J connectivity index is 2.41. The molecule has 0 aliphatic heterocycles. The summed E-state index contributed by atoms with van der Waals surface area (Å²) < 4.78 is 0. The van der Waals surface area contributed by atoms with Crippen molar-refractivity contribution in [3.63, 3.8) is 0 Å². The lowest BCUT2D eigenvalue weighted by atomic mass is 9.93. The number of fused-ring (bicyclic) bond motifs is 1. The molecule has 0 spiro atoms. The topological polar surface area (TPSA) is 23.5 Å². The van der Waals surface area contributed by atoms with Crippen LogP contribution in [-0.4, -0.2) is 19.2 Å². The van der Waals surface area contributed by atoms with E-state index < -0.39 is 0 Å². The molecule has 3 rings (SSSR count). The van der Waals surface area contributed by atoms with E-state index in [1.165, 1.54) is 11.1 Å². The molecular formula is C20H21NO. The van der Waals surface area contributed by atoms with E-state index in [-0.39, 0.29) is 0 Å². The van der Waals surface area contributed by atoms with Crippen molar-refractivity contribution in [1.82, 2.24) is 0 Å². The highest BCUT2D eigenvalue weighted by atomic mass is 16.3. The number of phenols is 1. The van der Waals surface area contributed by atoms with Crippen LogP contribution in [0.15, 0.2) is 48.5 Å². The molecule has 1 N–H and O–H groups in total. The molecule has 0 bridgehead atoms. The lowest BCUT2D eigenvalue weighted by Gasteiger charge is -2.21. The van der Waals surface area contributed by atoms with E-state index in [0.29, 0.717) is 5.75 Å². The highest BCUT2D eigenvalue weighted by Gasteiger charge is 2.15. The minimum Gasteiger partial charge on any atom is -0.507 e. The summed E-state index contributed by atoms with van der Waals surface area (Å²) in [7, 11) is 4.07. The largest absolute Gasteiger partial charge is 0.507 e. The van der Waals surface area contributed by atoms with E-state index in [1.54, 1.807) is 6.07 Å². The minimum atomic E-state index is 0.324. The van der Waals surface area contributed by atoms with Crippen LogP contribution in [-0.2, 0) is 0 Å². The zero-order valence-corrected chi connectivity index (χ0v) is 13.5. The second kappa shape index (κ2) is 5.38. The van der Waals surface area contributed by atoms with Gasteiger partial charge in [0.05, 0.1) is 0 Å². The van der Waals surface area contributed by atoms with Crippen LogP contribution in [0.2, 0.25) is 0 Å². The van der Waals surface area contributed by atoms with Gasteiger partial charge in [-0.15, -0.1) is 0 Å². The fraction of sp³-hybridized carbons (Fsp3) is 0.200. The summed E-state index contributed by atoms with van der Waals surface area (Å²) in [4.78, 5) is 2.10. The number of benzene rings is 3. The molecule has 3 aromatic carbocycles. The van der Waals surface area contributed by atoms with Crippen LogP contribution < -0.4 is 4.90 Å². The van der Waals surface area contributed by atoms with E-state index in [2.05, 4.69) is 43.0 Å². The molecule has 0 heterocycles. The van der Waals surface area contributed by atoms with E-state index in [1.807, 2.05) is 32.3 Å². The number of rotatable bonds is 2. The zero-order chi connectivity index (χ0) is 15.9. The summed E-state index contributed by atoms with van der Waals surface area (Å²) in [6.45, 7) is 4.23. The third kappa shape index (κ3) is 2.31. The quantitative estimate of drug-likeness (QED) is 0.726. The van der Waals surface area contributed by atoms with Gasteiger partial charge in [-0.05, 0) is 53.9 Å². The molecule has 0 atom stereocenters. The summed E-state index contributed by atoms with van der Waals surface area (Å²) in [5.41, 5.74) is 5.59. The van der Waals surface area contributed by atoms with Crippen molar-refractivity contribution in [2.24, 2.45) is 0 Å². The van der Waals surface area contributed by atoms with E-state index in [4.69, 9.17) is 0 Å². The predicted octanol–water partition coefficient (Wildman–Crippen LogP) is 4.90. The Morgan fingerprint density at radius 3 is 2.27 bits per heavy atom. The summed E-state index contributed by atoms with van der Waals surface area (Å²) >= 11 is 0. The SMILES string of the molecule is Cc1cc(-c2c(O)ccc3ccccc23)c(N(C)C)cc1C. The van der Waals surface area contributed by atoms with Gasteiger partial charge < -0.3 is 10.0 Å². The van der Waals surface area contributed by atoms with Crippen LogP contribution in [0.3, 0.4) is 0 Å². The van der Waals surface area contributed by atoms with Gasteiger partial charge in [-0.2, -0.15) is 0 Å². The van der Waals surface area contributed by atoms with Crippen LogP contribution in [0.1, 0.15) is 11.1 Å². The van der Waals surface area contributed by atoms with E-state index >= 15 is 0 Å². The van der Waals surface area contributed by atoms with Crippen LogP contribution in [0.25, 0.3) is 21.9 Å². The first kappa shape index (κ1) is 14.5. The third-order valence-corrected chi connectivity index (χ3v) is 4.27. The number of anilines is 1. The Kier molecular flexibility index (Phi) is 3.53. The molecule has 3 aromatic rings. The molecule has 112 valence electrons. The van der Waals surface area contributed by atoms with Crippen LogP contribution in [0.4, 0.5) is 5.69 Å². The van der Waals surface area contributed by atoms with Gasteiger partial charge in [-0.25, -0.2) is 0 Å². The molecule has 22 heavy (non-hydrogen) atoms. The molecule has 0 radical (unpaired) electrons. The molecule has 0 saturated carbocycles. The van der Waals surface area contributed by atoms with Gasteiger partial charge in [-0.3, -0.25) is 0 Å². The standard InChI is InChI=1S/C20H21NO/c1-13-11-17(18(21(3)4)12-14(13)2)20-16-8-6-5-7-15(16)9-10-19(20)22/h5-12,22H,1-4H3. The van der Waals surface area contributed by atoms with E-state index in [9.17, 15) is 5.11 Å². The first-order valence-corrected chi connectivity index (χ1v) is 7.48. The minimum absolute atomic E-state index is 0.324. The Labute approximate surface area is 131 Å². The second-order valence-electron chi connectivity index (χ2n) is 6.03. The van der Waals surface area contributed by atoms with Gasteiger partial charge in [0.25, 0.3) is 0 Å². The van der Waals surface area contributed by atoms with Crippen molar-refractivity contribution in [3.8, 4) is 16.9 Å². The first-order chi connectivity index (χ1) is 10.5. The van der Waals surface area contributed by atoms with Gasteiger partial charge in [0.15, 0.2) is 0 Å². The second-order valence-corrected chi connectivity index (χ2v) is 6.03. The highest BCUT2D eigenvalue weighted by molar-refractivity contribution is 6.02. The fourth-order valence-electron chi connectivity index (χ4n) is 2.91. The van der Waals surface area contributed by atoms with Crippen molar-refractivity contribution in [3.05, 3.63) is 59.7 Å². The summed E-state index contributed by atoms with van der Waals surface area (Å²) in [5.74, 6) is 0.324. The van der Waals surface area contributed by atoms with Crippen LogP contribution in [0.5, 0.6) is 5.75 Å². The Hall–Kier alpha value is -2.48. The fourth-order valence-corrected chi connectivity index (χ4v) is 2.91. The van der Waals surface area contributed by atoms with Crippen LogP contribution >= 0.6 is 0 Å². The highest BCUT2D eigenvalue weighted by Crippen LogP contribution is 2.41. The number of nitrogens with zero attached hydrogens (tertiary/aromatic N) is 1. The molecule has 0 fully saturated rings. The molecule has 2 heteroatoms. The predicted molar refractivity (Wildman–Crippen MR) is 94.8 cm³/mol. The normalized spacial score (nSPS) is 10.9. The zero-order valence-electron chi connectivity index (χ0n) is 13.5. The molecular weight excluding hydrogens is 270 g/mol. The number of phenolic OH excluding ortho intramolecular Hbond substituents is 1. The van der Waals surface area contributed by atoms with Gasteiger partial charge in [0, 0.05) is 30.9 Å². The maximum atomic E-state index is 10.5. The molecule has 2 nitrogen and oxygen atoms in total. The van der Waals surface area contributed by atoms with Crippen molar-refractivity contribution >= 4 is 16.5 Å². The summed E-state index contributed by atoms with van der Waals surface area (Å²) in [5, 5.41) is 12.7. The average Bonchev–Trinajstić information content (AvgIpc) is 2.49. The molecule has 0 aliphatic carbocycles. The van der Waals surface area contributed by atoms with Gasteiger partial charge >= 0.3 is 0 Å². The molecule has 0 aliphatic rings. The lowest BCUT2D eigenvalue weighted by Crippen LogP contribution is -2.10. The maximum Gasteiger partial charge on any atom is 0.124 e. The van der Waals surface area contributed by atoms with Gasteiger partial charge in [0.2, 0.25) is 0 Å². The Morgan fingerprint density at radius 2 is 1.55 bits per heavy atom. The number of hydrogen-bond donors (Lipinski definition) is 1. The van der Waals surface area contributed by atoms with Gasteiger partial charge in [-0.1, -0.05) is 30.3 Å². The van der Waals surface area contributed by atoms with E-state index in [0.717, 1.165) is 27.6 Å². The Morgan fingerprint density at radius 1 is 0.864 bits per heavy atom. The Bertz CT molecular complexity index is 850. The number of aryl methyl sites for hydroxylation is 2. The molecule has 0 saturated heterocycles. The lowest BCUT2D eigenvalue weighted by molar-refractivity contribution is 0.478. The first-order valence-electron chi connectivity index (χ1n) is 7.48. The van der Waals surface area contributed by atoms with Crippen molar-refractivity contribution in [1.29, 1.82) is 0 Å². The molecule has 0 unspecified atom stereocenters. The number of hydrogen-bond acceptors (Lipinski definition) is 2. The number of aromatic hydroxyl groups is 1. The van der Waals surface area contributed by atoms with Gasteiger partial charge in [0.1, 0.15) is 5.75 Å². The smallest absolute Gasteiger partial charge is 0.124 e. The summed E-state index contributed by atoms with van der Waals surface area (Å²) in [6.07, 6.45) is 0. The van der Waals surface area contributed by atoms with Crippen LogP contribution in [0, 0.1) is 13.8 Å². The third-order valence-electron chi connectivity index (χ3n) is 4.27. The van der Waals surface area contributed by atoms with Crippen molar-refractivity contribution < 1.29 is 5.11 Å². The van der Waals surface area contributed by atoms with Crippen molar-refractivity contribution in [2.45, 2.75) is 13.8 Å². The molecule has 0 aromatic heterocycles.